The van der Waals surface area contributed by atoms with Gasteiger partial charge < -0.3 is 10.2 Å². The van der Waals surface area contributed by atoms with E-state index in [9.17, 15) is 4.79 Å². The third-order valence-corrected chi connectivity index (χ3v) is 7.20. The fourth-order valence-corrected chi connectivity index (χ4v) is 4.95. The van der Waals surface area contributed by atoms with Gasteiger partial charge in [0.15, 0.2) is 0 Å². The average Bonchev–Trinajstić information content (AvgIpc) is 3.77. The van der Waals surface area contributed by atoms with E-state index in [-0.39, 0.29) is 5.91 Å². The maximum atomic E-state index is 13.2. The van der Waals surface area contributed by atoms with Crippen LogP contribution in [-0.2, 0) is 6.54 Å². The van der Waals surface area contributed by atoms with Crippen LogP contribution >= 0.6 is 11.3 Å². The lowest BCUT2D eigenvalue weighted by Crippen LogP contribution is -2.32. The van der Waals surface area contributed by atoms with E-state index < -0.39 is 0 Å². The largest absolute Gasteiger partial charge is 0.367 e. The summed E-state index contributed by atoms with van der Waals surface area (Å²) in [4.78, 5) is 28.9. The standard InChI is InChI=1S/C27H27N5OS/c1-16-28-24-11-6-20(13-23(24)26(29-16)31-21-7-8-21)19-5-3-4-18(12-19)14-32(22-9-10-22)27(33)25-15-34-17(2)30-25/h3-6,11-13,15,21-22H,7-10,14H2,1-2H3,(H,28,29,31). The highest BCUT2D eigenvalue weighted by Gasteiger charge is 2.34. The molecule has 0 spiro atoms. The molecule has 2 aliphatic carbocycles. The number of nitrogens with one attached hydrogen (secondary N) is 1. The van der Waals surface area contributed by atoms with Gasteiger partial charge in [-0.1, -0.05) is 24.3 Å². The maximum Gasteiger partial charge on any atom is 0.273 e. The normalized spacial score (nSPS) is 15.5. The molecule has 0 bridgehead atoms. The van der Waals surface area contributed by atoms with Crippen LogP contribution in [0.5, 0.6) is 0 Å². The molecule has 0 aliphatic heterocycles. The number of hydrogen-bond donors (Lipinski definition) is 1. The molecule has 0 unspecified atom stereocenters. The lowest BCUT2D eigenvalue weighted by Gasteiger charge is -2.22. The fraction of sp³-hybridized carbons (Fsp3) is 0.333. The van der Waals surface area contributed by atoms with Crippen molar-refractivity contribution < 1.29 is 4.79 Å². The lowest BCUT2D eigenvalue weighted by atomic mass is 10.0. The van der Waals surface area contributed by atoms with Crippen LogP contribution in [0.15, 0.2) is 47.8 Å². The highest BCUT2D eigenvalue weighted by atomic mass is 32.1. The number of aromatic nitrogens is 3. The zero-order chi connectivity index (χ0) is 23.2. The molecule has 2 heterocycles. The van der Waals surface area contributed by atoms with E-state index in [4.69, 9.17) is 0 Å². The van der Waals surface area contributed by atoms with E-state index >= 15 is 0 Å². The van der Waals surface area contributed by atoms with E-state index in [0.717, 1.165) is 57.1 Å². The van der Waals surface area contributed by atoms with E-state index in [1.807, 2.05) is 24.1 Å². The molecule has 2 aliphatic rings. The zero-order valence-electron chi connectivity index (χ0n) is 19.4. The minimum atomic E-state index is 0.0336. The Bertz CT molecular complexity index is 1390. The second kappa shape index (κ2) is 8.47. The van der Waals surface area contributed by atoms with Crippen molar-refractivity contribution in [1.29, 1.82) is 0 Å². The third-order valence-electron chi connectivity index (χ3n) is 6.43. The summed E-state index contributed by atoms with van der Waals surface area (Å²) in [5.74, 6) is 1.74. The van der Waals surface area contributed by atoms with Crippen molar-refractivity contribution in [2.75, 3.05) is 5.32 Å². The first-order valence-electron chi connectivity index (χ1n) is 11.9. The number of carbonyl (C=O) groups excluding carboxylic acids is 1. The molecule has 0 radical (unpaired) electrons. The van der Waals surface area contributed by atoms with Crippen LogP contribution in [0.4, 0.5) is 5.82 Å². The Hall–Kier alpha value is -3.32. The van der Waals surface area contributed by atoms with E-state index in [0.29, 0.717) is 24.3 Å². The molecule has 6 nitrogen and oxygen atoms in total. The summed E-state index contributed by atoms with van der Waals surface area (Å²) in [5, 5.41) is 7.41. The van der Waals surface area contributed by atoms with Crippen molar-refractivity contribution in [1.82, 2.24) is 19.9 Å². The van der Waals surface area contributed by atoms with Gasteiger partial charge in [0.05, 0.1) is 10.5 Å². The average molecular weight is 470 g/mol. The molecule has 1 N–H and O–H groups in total. The van der Waals surface area contributed by atoms with Gasteiger partial charge in [-0.25, -0.2) is 15.0 Å². The summed E-state index contributed by atoms with van der Waals surface area (Å²) >= 11 is 1.52. The van der Waals surface area contributed by atoms with Crippen molar-refractivity contribution in [3.05, 3.63) is 69.9 Å². The molecule has 172 valence electrons. The predicted octanol–water partition coefficient (Wildman–Crippen LogP) is 5.75. The smallest absolute Gasteiger partial charge is 0.273 e. The van der Waals surface area contributed by atoms with Gasteiger partial charge in [-0.2, -0.15) is 0 Å². The molecule has 2 aromatic carbocycles. The van der Waals surface area contributed by atoms with Gasteiger partial charge in [0.1, 0.15) is 17.3 Å². The molecule has 6 rings (SSSR count). The number of benzene rings is 2. The number of hydrogen-bond acceptors (Lipinski definition) is 6. The highest BCUT2D eigenvalue weighted by molar-refractivity contribution is 7.09. The highest BCUT2D eigenvalue weighted by Crippen LogP contribution is 2.33. The number of carbonyl (C=O) groups is 1. The third kappa shape index (κ3) is 4.40. The second-order valence-corrected chi connectivity index (χ2v) is 10.4. The van der Waals surface area contributed by atoms with Gasteiger partial charge in [0.25, 0.3) is 5.91 Å². The van der Waals surface area contributed by atoms with Gasteiger partial charge in [-0.15, -0.1) is 11.3 Å². The molecule has 34 heavy (non-hydrogen) atoms. The fourth-order valence-electron chi connectivity index (χ4n) is 4.36. The first-order valence-corrected chi connectivity index (χ1v) is 12.8. The van der Waals surface area contributed by atoms with Gasteiger partial charge in [0, 0.05) is 29.4 Å². The number of nitrogens with zero attached hydrogens (tertiary/aromatic N) is 4. The Morgan fingerprint density at radius 2 is 1.85 bits per heavy atom. The first kappa shape index (κ1) is 21.2. The Kier molecular flexibility index (Phi) is 5.29. The molecule has 2 fully saturated rings. The number of anilines is 1. The Labute approximate surface area is 203 Å². The number of amides is 1. The monoisotopic (exact) mass is 469 g/mol. The molecule has 0 saturated heterocycles. The Morgan fingerprint density at radius 3 is 2.59 bits per heavy atom. The molecule has 2 aromatic heterocycles. The quantitative estimate of drug-likeness (QED) is 0.373. The van der Waals surface area contributed by atoms with Crippen LogP contribution in [0.1, 0.15) is 52.6 Å². The summed E-state index contributed by atoms with van der Waals surface area (Å²) in [6.45, 7) is 4.47. The van der Waals surface area contributed by atoms with Crippen molar-refractivity contribution in [3.8, 4) is 11.1 Å². The molecule has 2 saturated carbocycles. The van der Waals surface area contributed by atoms with Crippen molar-refractivity contribution >= 4 is 34.0 Å². The lowest BCUT2D eigenvalue weighted by molar-refractivity contribution is 0.0724. The van der Waals surface area contributed by atoms with E-state index in [2.05, 4.69) is 62.7 Å². The number of rotatable bonds is 7. The summed E-state index contributed by atoms with van der Waals surface area (Å²) in [6.07, 6.45) is 4.52. The van der Waals surface area contributed by atoms with Crippen LogP contribution in [0, 0.1) is 13.8 Å². The van der Waals surface area contributed by atoms with Crippen LogP contribution in [0.3, 0.4) is 0 Å². The van der Waals surface area contributed by atoms with Gasteiger partial charge in [0.2, 0.25) is 0 Å². The van der Waals surface area contributed by atoms with E-state index in [1.165, 1.54) is 24.2 Å². The Morgan fingerprint density at radius 1 is 1.03 bits per heavy atom. The SMILES string of the molecule is Cc1nc(NC2CC2)c2cc(-c3cccc(CN(C(=O)c4csc(C)n4)C4CC4)c3)ccc2n1. The van der Waals surface area contributed by atoms with Gasteiger partial charge in [-0.05, 0) is 74.4 Å². The first-order chi connectivity index (χ1) is 16.5. The van der Waals surface area contributed by atoms with Crippen molar-refractivity contribution in [3.63, 3.8) is 0 Å². The molecule has 1 amide bonds. The topological polar surface area (TPSA) is 71.0 Å². The van der Waals surface area contributed by atoms with Crippen LogP contribution in [0.2, 0.25) is 0 Å². The van der Waals surface area contributed by atoms with Crippen molar-refractivity contribution in [2.24, 2.45) is 0 Å². The number of thiazole rings is 1. The Balaban J connectivity index is 1.30. The van der Waals surface area contributed by atoms with Crippen LogP contribution in [0.25, 0.3) is 22.0 Å². The van der Waals surface area contributed by atoms with Gasteiger partial charge >= 0.3 is 0 Å². The molecular weight excluding hydrogens is 442 g/mol. The molecular formula is C27H27N5OS. The minimum Gasteiger partial charge on any atom is -0.367 e. The summed E-state index contributed by atoms with van der Waals surface area (Å²) in [5.41, 5.74) is 4.90. The molecule has 7 heteroatoms. The van der Waals surface area contributed by atoms with Crippen LogP contribution < -0.4 is 5.32 Å². The predicted molar refractivity (Wildman–Crippen MR) is 136 cm³/mol. The van der Waals surface area contributed by atoms with Gasteiger partial charge in [-0.3, -0.25) is 4.79 Å². The van der Waals surface area contributed by atoms with E-state index in [1.54, 1.807) is 0 Å². The number of fused-ring (bicyclic) bond motifs is 1. The molecule has 0 atom stereocenters. The maximum absolute atomic E-state index is 13.2. The zero-order valence-corrected chi connectivity index (χ0v) is 20.2. The summed E-state index contributed by atoms with van der Waals surface area (Å²) in [7, 11) is 0. The van der Waals surface area contributed by atoms with Crippen molar-refractivity contribution in [2.45, 2.75) is 58.2 Å². The second-order valence-electron chi connectivity index (χ2n) is 9.39. The van der Waals surface area contributed by atoms with Crippen LogP contribution in [-0.4, -0.2) is 37.8 Å². The minimum absolute atomic E-state index is 0.0336. The number of aryl methyl sites for hydroxylation is 2. The molecule has 4 aromatic rings. The summed E-state index contributed by atoms with van der Waals surface area (Å²) < 4.78 is 0. The summed E-state index contributed by atoms with van der Waals surface area (Å²) in [6, 6.07) is 15.7.